The number of hydrogen-bond acceptors (Lipinski definition) is 4. The van der Waals surface area contributed by atoms with Crippen molar-refractivity contribution in [2.24, 2.45) is 5.41 Å². The van der Waals surface area contributed by atoms with Gasteiger partial charge in [-0.2, -0.15) is 0 Å². The van der Waals surface area contributed by atoms with Gasteiger partial charge in [-0.15, -0.1) is 0 Å². The Kier molecular flexibility index (Phi) is 5.48. The second-order valence-electron chi connectivity index (χ2n) is 8.56. The highest BCUT2D eigenvalue weighted by Gasteiger charge is 2.36. The number of anilines is 2. The minimum atomic E-state index is -0.885. The van der Waals surface area contributed by atoms with Crippen molar-refractivity contribution in [2.45, 2.75) is 38.1 Å². The molecule has 4 nitrogen and oxygen atoms in total. The first kappa shape index (κ1) is 20.4. The van der Waals surface area contributed by atoms with Crippen LogP contribution in [-0.4, -0.2) is 11.1 Å². The Morgan fingerprint density at radius 1 is 1.07 bits per heavy atom. The third-order valence-corrected chi connectivity index (χ3v) is 6.48. The van der Waals surface area contributed by atoms with E-state index < -0.39 is 5.97 Å². The molecule has 0 aliphatic carbocycles. The highest BCUT2D eigenvalue weighted by molar-refractivity contribution is 8.00. The van der Waals surface area contributed by atoms with E-state index in [1.165, 1.54) is 16.0 Å². The molecule has 154 valence electrons. The normalized spacial score (nSPS) is 17.0. The van der Waals surface area contributed by atoms with Crippen LogP contribution in [0.2, 0.25) is 0 Å². The zero-order valence-corrected chi connectivity index (χ0v) is 18.2. The summed E-state index contributed by atoms with van der Waals surface area (Å²) in [5.74, 6) is -0.885. The van der Waals surface area contributed by atoms with Crippen molar-refractivity contribution in [3.05, 3.63) is 89.0 Å². The topological polar surface area (TPSA) is 61.4 Å². The largest absolute Gasteiger partial charge is 0.478 e. The Balaban J connectivity index is 1.49. The van der Waals surface area contributed by atoms with Gasteiger partial charge < -0.3 is 15.1 Å². The maximum absolute atomic E-state index is 11.3. The summed E-state index contributed by atoms with van der Waals surface area (Å²) in [4.78, 5) is 12.5. The lowest BCUT2D eigenvalue weighted by Crippen LogP contribution is -2.35. The Hall–Kier alpha value is -2.92. The van der Waals surface area contributed by atoms with Gasteiger partial charge in [-0.3, -0.25) is 0 Å². The maximum atomic E-state index is 11.3. The van der Waals surface area contributed by atoms with Crippen LogP contribution in [-0.2, 0) is 6.42 Å². The zero-order chi connectivity index (χ0) is 21.3. The fourth-order valence-corrected chi connectivity index (χ4v) is 4.60. The molecule has 0 aromatic heterocycles. The summed E-state index contributed by atoms with van der Waals surface area (Å²) >= 11 is 1.60. The van der Waals surface area contributed by atoms with E-state index in [0.29, 0.717) is 5.56 Å². The van der Waals surface area contributed by atoms with Crippen LogP contribution < -0.4 is 10.0 Å². The highest BCUT2D eigenvalue weighted by atomic mass is 32.2. The lowest BCUT2D eigenvalue weighted by molar-refractivity contribution is 0.0696. The summed E-state index contributed by atoms with van der Waals surface area (Å²) in [6.45, 7) is 6.53. The van der Waals surface area contributed by atoms with E-state index >= 15 is 0 Å². The maximum Gasteiger partial charge on any atom is 0.335 e. The van der Waals surface area contributed by atoms with E-state index in [9.17, 15) is 9.90 Å². The monoisotopic (exact) mass is 418 g/mol. The van der Waals surface area contributed by atoms with Crippen molar-refractivity contribution < 1.29 is 9.90 Å². The van der Waals surface area contributed by atoms with Crippen LogP contribution in [0, 0.1) is 12.3 Å². The smallest absolute Gasteiger partial charge is 0.335 e. The number of rotatable bonds is 5. The summed E-state index contributed by atoms with van der Waals surface area (Å²) in [6, 6.07) is 22.5. The van der Waals surface area contributed by atoms with Crippen molar-refractivity contribution in [2.75, 3.05) is 10.0 Å². The summed E-state index contributed by atoms with van der Waals surface area (Å²) in [5, 5.41) is 12.9. The average Bonchev–Trinajstić information content (AvgIpc) is 2.72. The van der Waals surface area contributed by atoms with Gasteiger partial charge in [0.05, 0.1) is 11.6 Å². The number of hydrogen-bond donors (Lipinski definition) is 3. The van der Waals surface area contributed by atoms with Crippen LogP contribution in [0.1, 0.15) is 46.9 Å². The molecule has 1 heterocycles. The molecule has 1 unspecified atom stereocenters. The molecule has 0 radical (unpaired) electrons. The van der Waals surface area contributed by atoms with Crippen LogP contribution in [0.25, 0.3) is 0 Å². The van der Waals surface area contributed by atoms with Crippen molar-refractivity contribution >= 4 is 29.3 Å². The second-order valence-corrected chi connectivity index (χ2v) is 9.44. The number of fused-ring (bicyclic) bond motifs is 1. The molecule has 0 saturated carbocycles. The van der Waals surface area contributed by atoms with Crippen LogP contribution in [0.4, 0.5) is 11.4 Å². The van der Waals surface area contributed by atoms with Gasteiger partial charge in [-0.05, 0) is 84.3 Å². The molecule has 5 heteroatoms. The number of carboxylic acids is 1. The van der Waals surface area contributed by atoms with Crippen molar-refractivity contribution in [1.82, 2.24) is 0 Å². The zero-order valence-electron chi connectivity index (χ0n) is 17.4. The van der Waals surface area contributed by atoms with Crippen molar-refractivity contribution in [3.8, 4) is 0 Å². The molecular weight excluding hydrogens is 392 g/mol. The lowest BCUT2D eigenvalue weighted by atomic mass is 9.73. The summed E-state index contributed by atoms with van der Waals surface area (Å²) in [6.07, 6.45) is 0.824. The first-order chi connectivity index (χ1) is 14.3. The molecule has 3 aromatic carbocycles. The Labute approximate surface area is 181 Å². The highest BCUT2D eigenvalue weighted by Crippen LogP contribution is 2.45. The van der Waals surface area contributed by atoms with E-state index in [1.54, 1.807) is 24.1 Å². The third-order valence-electron chi connectivity index (χ3n) is 5.63. The minimum absolute atomic E-state index is 0.0459. The quantitative estimate of drug-likeness (QED) is 0.410. The van der Waals surface area contributed by atoms with Gasteiger partial charge in [-0.25, -0.2) is 4.79 Å². The molecular formula is C25H26N2O2S. The van der Waals surface area contributed by atoms with E-state index in [4.69, 9.17) is 0 Å². The molecule has 0 spiro atoms. The molecule has 0 saturated heterocycles. The molecule has 3 N–H and O–H groups in total. The first-order valence-electron chi connectivity index (χ1n) is 10.0. The van der Waals surface area contributed by atoms with Crippen LogP contribution in [0.5, 0.6) is 0 Å². The predicted molar refractivity (Wildman–Crippen MR) is 124 cm³/mol. The molecule has 1 atom stereocenters. The van der Waals surface area contributed by atoms with Gasteiger partial charge in [0.25, 0.3) is 0 Å². The molecule has 0 bridgehead atoms. The van der Waals surface area contributed by atoms with Crippen LogP contribution >= 0.6 is 11.9 Å². The van der Waals surface area contributed by atoms with Crippen molar-refractivity contribution in [3.63, 3.8) is 0 Å². The van der Waals surface area contributed by atoms with E-state index in [-0.39, 0.29) is 11.5 Å². The molecule has 0 fully saturated rings. The van der Waals surface area contributed by atoms with Gasteiger partial charge in [0, 0.05) is 16.3 Å². The van der Waals surface area contributed by atoms with Crippen LogP contribution in [0.3, 0.4) is 0 Å². The van der Waals surface area contributed by atoms with E-state index in [0.717, 1.165) is 23.4 Å². The van der Waals surface area contributed by atoms with Gasteiger partial charge >= 0.3 is 5.97 Å². The van der Waals surface area contributed by atoms with Gasteiger partial charge in [0.2, 0.25) is 0 Å². The molecule has 30 heavy (non-hydrogen) atoms. The van der Waals surface area contributed by atoms with Gasteiger partial charge in [0.15, 0.2) is 0 Å². The minimum Gasteiger partial charge on any atom is -0.478 e. The molecule has 0 amide bonds. The third kappa shape index (κ3) is 4.31. The molecule has 4 rings (SSSR count). The fraction of sp³-hybridized carbons (Fsp3) is 0.240. The van der Waals surface area contributed by atoms with E-state index in [1.807, 2.05) is 6.07 Å². The van der Waals surface area contributed by atoms with Crippen LogP contribution in [0.15, 0.2) is 71.6 Å². The van der Waals surface area contributed by atoms with E-state index in [2.05, 4.69) is 79.3 Å². The van der Waals surface area contributed by atoms with Crippen molar-refractivity contribution in [1.29, 1.82) is 0 Å². The Bertz CT molecular complexity index is 1060. The van der Waals surface area contributed by atoms with Gasteiger partial charge in [-0.1, -0.05) is 43.7 Å². The predicted octanol–water partition coefficient (Wildman–Crippen LogP) is 6.55. The number of aryl methyl sites for hydroxylation is 1. The second kappa shape index (κ2) is 8.07. The molecule has 1 aliphatic heterocycles. The number of carboxylic acid groups (broad SMARTS) is 1. The average molecular weight is 419 g/mol. The van der Waals surface area contributed by atoms with Gasteiger partial charge in [0.1, 0.15) is 0 Å². The number of carbonyl (C=O) groups is 1. The molecule has 3 aromatic rings. The number of aromatic carboxylic acids is 1. The summed E-state index contributed by atoms with van der Waals surface area (Å²) in [7, 11) is 0. The number of nitrogens with one attached hydrogen (secondary N) is 2. The first-order valence-corrected chi connectivity index (χ1v) is 10.9. The fourth-order valence-electron chi connectivity index (χ4n) is 3.96. The lowest BCUT2D eigenvalue weighted by Gasteiger charge is -2.41. The Morgan fingerprint density at radius 3 is 2.43 bits per heavy atom. The standard InChI is InChI=1S/C25H26N2O2S/c1-16-4-11-21(12-5-16)30-27-20-9-6-17(7-10-20)23-25(2,3)15-19-14-18(24(28)29)8-13-22(19)26-23/h4-14,23,26-27H,15H2,1-3H3,(H,28,29). The summed E-state index contributed by atoms with van der Waals surface area (Å²) < 4.78 is 3.40. The Morgan fingerprint density at radius 2 is 1.77 bits per heavy atom. The summed E-state index contributed by atoms with van der Waals surface area (Å²) in [5.41, 5.74) is 5.91. The number of benzene rings is 3. The SMILES string of the molecule is Cc1ccc(SNc2ccc(C3Nc4ccc(C(=O)O)cc4CC3(C)C)cc2)cc1. The molecule has 1 aliphatic rings.